The molecule has 0 radical (unpaired) electrons. The second-order valence-corrected chi connectivity index (χ2v) is 8.63. The van der Waals surface area contributed by atoms with Gasteiger partial charge in [-0.2, -0.15) is 0 Å². The fourth-order valence-electron chi connectivity index (χ4n) is 2.71. The molecule has 1 fully saturated rings. The second kappa shape index (κ2) is 6.08. The molecule has 1 heterocycles. The molecule has 2 rings (SSSR count). The normalized spacial score (nSPS) is 24.8. The number of hydrogen-bond acceptors (Lipinski definition) is 3. The summed E-state index contributed by atoms with van der Waals surface area (Å²) in [6.45, 7) is 3.35. The van der Waals surface area contributed by atoms with E-state index in [9.17, 15) is 29.0 Å². The molecule has 3 N–H and O–H groups in total. The van der Waals surface area contributed by atoms with Gasteiger partial charge in [0.25, 0.3) is 0 Å². The van der Waals surface area contributed by atoms with Gasteiger partial charge in [0.2, 0.25) is 11.8 Å². The molecule has 1 aromatic rings. The van der Waals surface area contributed by atoms with E-state index in [1.807, 2.05) is 0 Å². The zero-order chi connectivity index (χ0) is 19.8. The van der Waals surface area contributed by atoms with E-state index >= 15 is 0 Å². The van der Waals surface area contributed by atoms with Crippen LogP contribution in [-0.2, 0) is 9.59 Å². The van der Waals surface area contributed by atoms with E-state index in [0.29, 0.717) is 18.6 Å². The Morgan fingerprint density at radius 3 is 2.27 bits per heavy atom. The average Bonchev–Trinajstić information content (AvgIpc) is 2.49. The van der Waals surface area contributed by atoms with Gasteiger partial charge < -0.3 is 10.6 Å². The lowest BCUT2D eigenvalue weighted by molar-refractivity contribution is -0.132. The Bertz CT molecular complexity index is 708. The lowest BCUT2D eigenvalue weighted by Crippen LogP contribution is -2.59. The van der Waals surface area contributed by atoms with Crippen molar-refractivity contribution in [3.05, 3.63) is 29.8 Å². The Labute approximate surface area is 147 Å². The summed E-state index contributed by atoms with van der Waals surface area (Å²) in [7, 11) is -9.73. The number of amides is 2. The third kappa shape index (κ3) is 5.07. The molecule has 3 atom stereocenters. The van der Waals surface area contributed by atoms with Crippen molar-refractivity contribution in [2.45, 2.75) is 49.8 Å². The quantitative estimate of drug-likeness (QED) is 0.659. The molecule has 11 heteroatoms. The van der Waals surface area contributed by atoms with Crippen molar-refractivity contribution < 1.29 is 29.0 Å². The van der Waals surface area contributed by atoms with Gasteiger partial charge in [-0.3, -0.25) is 14.9 Å². The van der Waals surface area contributed by atoms with Crippen LogP contribution in [-0.4, -0.2) is 24.0 Å². The third-order valence-corrected chi connectivity index (χ3v) is 5.15. The first-order chi connectivity index (χ1) is 11.7. The summed E-state index contributed by atoms with van der Waals surface area (Å²) < 4.78 is 63.9. The molecule has 0 bridgehead atoms. The van der Waals surface area contributed by atoms with Gasteiger partial charge in [-0.25, -0.2) is 0 Å². The van der Waals surface area contributed by atoms with E-state index in [1.54, 1.807) is 13.8 Å². The number of benzene rings is 1. The predicted octanol–water partition coefficient (Wildman–Crippen LogP) is 3.74. The first-order valence-corrected chi connectivity index (χ1v) is 9.84. The molecule has 2 unspecified atom stereocenters. The van der Waals surface area contributed by atoms with Crippen LogP contribution in [0.25, 0.3) is 0 Å². The number of hydrogen-bond donors (Lipinski definition) is 3. The maximum absolute atomic E-state index is 12.8. The number of rotatable bonds is 5. The number of carbonyl (C=O) groups excluding carboxylic acids is 2. The summed E-state index contributed by atoms with van der Waals surface area (Å²) in [5, 5.41) is 8.10. The zero-order valence-corrected chi connectivity index (χ0v) is 14.9. The van der Waals surface area contributed by atoms with Crippen molar-refractivity contribution >= 4 is 22.0 Å². The summed E-state index contributed by atoms with van der Waals surface area (Å²) in [5.41, 5.74) is 0.264. The highest BCUT2D eigenvalue weighted by Gasteiger charge is 2.65. The Kier molecular flexibility index (Phi) is 4.78. The molecule has 1 aromatic carbocycles. The number of halogens is 5. The molecule has 0 spiro atoms. The predicted molar refractivity (Wildman–Crippen MR) is 88.2 cm³/mol. The van der Waals surface area contributed by atoms with Crippen molar-refractivity contribution in [3.63, 3.8) is 0 Å². The fourth-order valence-corrected chi connectivity index (χ4v) is 3.36. The molecule has 148 valence electrons. The van der Waals surface area contributed by atoms with Crippen LogP contribution >= 0.6 is 10.2 Å². The summed E-state index contributed by atoms with van der Waals surface area (Å²) in [5.74, 6) is -0.792. The zero-order valence-electron chi connectivity index (χ0n) is 14.1. The lowest BCUT2D eigenvalue weighted by atomic mass is 10.0. The van der Waals surface area contributed by atoms with Crippen LogP contribution in [0.2, 0.25) is 0 Å². The molecular formula is C15H20F5N3O2S. The van der Waals surface area contributed by atoms with Crippen LogP contribution in [0.15, 0.2) is 29.2 Å². The summed E-state index contributed by atoms with van der Waals surface area (Å²) in [6.07, 6.45) is -0.144. The van der Waals surface area contributed by atoms with Crippen molar-refractivity contribution in [2.75, 3.05) is 0 Å². The highest BCUT2D eigenvalue weighted by Crippen LogP contribution is 3.02. The van der Waals surface area contributed by atoms with Crippen molar-refractivity contribution in [1.29, 1.82) is 0 Å². The smallest absolute Gasteiger partial charge is 0.310 e. The van der Waals surface area contributed by atoms with Crippen LogP contribution in [0.4, 0.5) is 19.4 Å². The second-order valence-electron chi connectivity index (χ2n) is 6.22. The Balaban J connectivity index is 2.14. The Hall–Kier alpha value is -1.88. The first-order valence-electron chi connectivity index (χ1n) is 7.89. The maximum atomic E-state index is 12.8. The topological polar surface area (TPSA) is 70.2 Å². The van der Waals surface area contributed by atoms with Gasteiger partial charge in [0.05, 0.1) is 24.7 Å². The highest BCUT2D eigenvalue weighted by atomic mass is 32.5. The molecule has 1 aliphatic heterocycles. The molecule has 5 nitrogen and oxygen atoms in total. The van der Waals surface area contributed by atoms with Crippen LogP contribution < -0.4 is 16.0 Å². The van der Waals surface area contributed by atoms with E-state index in [0.717, 1.165) is 12.1 Å². The molecular weight excluding hydrogens is 381 g/mol. The van der Waals surface area contributed by atoms with E-state index < -0.39 is 39.3 Å². The van der Waals surface area contributed by atoms with Gasteiger partial charge in [0, 0.05) is 0 Å². The molecule has 1 aliphatic rings. The standard InChI is InChI=1S/C15H20F5N3O2S/c1-3-12(23-15(25)13-8-14(24)22-9(2)21-13)10-4-6-11(7-5-10)26(16,17,18,19)20/h4-7,9,12-13,21H,3,8H2,1-2H3,(H,22,24)(H,23,25)/t9?,12-,13?/m1/s1. The van der Waals surface area contributed by atoms with Crippen LogP contribution in [0, 0.1) is 0 Å². The molecule has 2 amide bonds. The number of nitrogens with one attached hydrogen (secondary N) is 3. The summed E-state index contributed by atoms with van der Waals surface area (Å²) >= 11 is 0. The van der Waals surface area contributed by atoms with Crippen molar-refractivity contribution in [1.82, 2.24) is 16.0 Å². The van der Waals surface area contributed by atoms with Gasteiger partial charge in [-0.15, -0.1) is 0 Å². The van der Waals surface area contributed by atoms with E-state index in [4.69, 9.17) is 0 Å². The number of carbonyl (C=O) groups is 2. The van der Waals surface area contributed by atoms with Gasteiger partial charge in [-0.1, -0.05) is 38.5 Å². The largest absolute Gasteiger partial charge is 0.348 e. The van der Waals surface area contributed by atoms with Crippen molar-refractivity contribution in [3.8, 4) is 0 Å². The van der Waals surface area contributed by atoms with Crippen molar-refractivity contribution in [2.24, 2.45) is 0 Å². The van der Waals surface area contributed by atoms with Gasteiger partial charge in [-0.05, 0) is 31.0 Å². The Morgan fingerprint density at radius 2 is 1.81 bits per heavy atom. The fraction of sp³-hybridized carbons (Fsp3) is 0.467. The van der Waals surface area contributed by atoms with E-state index in [-0.39, 0.29) is 17.9 Å². The van der Waals surface area contributed by atoms with Crippen LogP contribution in [0.3, 0.4) is 0 Å². The van der Waals surface area contributed by atoms with E-state index in [1.165, 1.54) is 0 Å². The SMILES string of the molecule is CC[C@@H](NC(=O)C1CC(=O)NC(C)N1)c1ccc(S(F)(F)(F)(F)F)cc1. The minimum atomic E-state index is -9.73. The molecule has 0 aliphatic carbocycles. The minimum Gasteiger partial charge on any atom is -0.348 e. The molecule has 26 heavy (non-hydrogen) atoms. The highest BCUT2D eigenvalue weighted by molar-refractivity contribution is 8.45. The monoisotopic (exact) mass is 401 g/mol. The lowest BCUT2D eigenvalue weighted by Gasteiger charge is -2.40. The van der Waals surface area contributed by atoms with Crippen LogP contribution in [0.1, 0.15) is 38.3 Å². The maximum Gasteiger partial charge on any atom is 0.310 e. The summed E-state index contributed by atoms with van der Waals surface area (Å²) in [6, 6.07) is 1.03. The molecule has 0 aromatic heterocycles. The van der Waals surface area contributed by atoms with Gasteiger partial charge >= 0.3 is 10.2 Å². The minimum absolute atomic E-state index is 0.0736. The van der Waals surface area contributed by atoms with E-state index in [2.05, 4.69) is 16.0 Å². The molecule has 0 saturated carbocycles. The first kappa shape index (κ1) is 20.4. The van der Waals surface area contributed by atoms with Gasteiger partial charge in [0.15, 0.2) is 0 Å². The molecule has 1 saturated heterocycles. The average molecular weight is 401 g/mol. The summed E-state index contributed by atoms with van der Waals surface area (Å²) in [4.78, 5) is 21.8. The Morgan fingerprint density at radius 1 is 1.23 bits per heavy atom. The van der Waals surface area contributed by atoms with Crippen LogP contribution in [0.5, 0.6) is 0 Å². The van der Waals surface area contributed by atoms with Gasteiger partial charge in [0.1, 0.15) is 4.90 Å². The third-order valence-electron chi connectivity index (χ3n) is 3.99.